The Morgan fingerprint density at radius 2 is 2.00 bits per heavy atom. The maximum Gasteiger partial charge on any atom is 0.132 e. The van der Waals surface area contributed by atoms with Gasteiger partial charge in [0.1, 0.15) is 18.2 Å². The predicted molar refractivity (Wildman–Crippen MR) is 80.4 cm³/mol. The van der Waals surface area contributed by atoms with Gasteiger partial charge >= 0.3 is 0 Å². The fourth-order valence-electron chi connectivity index (χ4n) is 2.24. The minimum Gasteiger partial charge on any atom is -0.489 e. The molecule has 1 aromatic heterocycles. The number of nitrogens with zero attached hydrogens (tertiary/aromatic N) is 1. The number of rotatable bonds is 4. The first-order chi connectivity index (χ1) is 10.3. The van der Waals surface area contributed by atoms with E-state index in [2.05, 4.69) is 4.98 Å². The number of nitrogens with two attached hydrogens (primary N) is 1. The Bertz CT molecular complexity index is 774. The van der Waals surface area contributed by atoms with Gasteiger partial charge in [0.25, 0.3) is 0 Å². The molecule has 3 nitrogen and oxygen atoms in total. The molecule has 0 atom stereocenters. The first-order valence-electron chi connectivity index (χ1n) is 6.72. The van der Waals surface area contributed by atoms with E-state index in [1.807, 2.05) is 24.3 Å². The lowest BCUT2D eigenvalue weighted by atomic mass is 10.1. The third-order valence-corrected chi connectivity index (χ3v) is 3.33. The molecule has 0 aliphatic rings. The van der Waals surface area contributed by atoms with Crippen LogP contribution in [0.2, 0.25) is 0 Å². The largest absolute Gasteiger partial charge is 0.489 e. The van der Waals surface area contributed by atoms with Gasteiger partial charge in [0, 0.05) is 23.7 Å². The Kier molecular flexibility index (Phi) is 3.79. The standard InChI is InChI=1S/C17H15FN2O/c18-16-7-6-13(17-15(16)5-2-8-20-17)11-21-14-4-1-3-12(9-14)10-19/h1-9H,10-11,19H2. The van der Waals surface area contributed by atoms with Gasteiger partial charge in [0.15, 0.2) is 0 Å². The number of halogens is 1. The number of aromatic nitrogens is 1. The van der Waals surface area contributed by atoms with Crippen molar-refractivity contribution in [3.8, 4) is 5.75 Å². The van der Waals surface area contributed by atoms with Crippen molar-refractivity contribution in [2.24, 2.45) is 5.73 Å². The fourth-order valence-corrected chi connectivity index (χ4v) is 2.24. The summed E-state index contributed by atoms with van der Waals surface area (Å²) in [4.78, 5) is 4.25. The number of ether oxygens (including phenoxy) is 1. The van der Waals surface area contributed by atoms with Crippen LogP contribution >= 0.6 is 0 Å². The van der Waals surface area contributed by atoms with Crippen molar-refractivity contribution >= 4 is 10.9 Å². The second kappa shape index (κ2) is 5.89. The quantitative estimate of drug-likeness (QED) is 0.797. The fraction of sp³-hybridized carbons (Fsp3) is 0.118. The van der Waals surface area contributed by atoms with Crippen LogP contribution in [-0.4, -0.2) is 4.98 Å². The minimum atomic E-state index is -0.271. The van der Waals surface area contributed by atoms with Crippen LogP contribution in [-0.2, 0) is 13.2 Å². The van der Waals surface area contributed by atoms with E-state index in [-0.39, 0.29) is 5.82 Å². The van der Waals surface area contributed by atoms with E-state index in [9.17, 15) is 4.39 Å². The van der Waals surface area contributed by atoms with Gasteiger partial charge < -0.3 is 10.5 Å². The molecule has 0 spiro atoms. The second-order valence-corrected chi connectivity index (χ2v) is 4.75. The molecule has 0 aliphatic heterocycles. The molecule has 106 valence electrons. The van der Waals surface area contributed by atoms with E-state index in [0.717, 1.165) is 16.9 Å². The molecule has 0 radical (unpaired) electrons. The van der Waals surface area contributed by atoms with Crippen LogP contribution < -0.4 is 10.5 Å². The molecule has 0 amide bonds. The lowest BCUT2D eigenvalue weighted by Crippen LogP contribution is -2.00. The summed E-state index contributed by atoms with van der Waals surface area (Å²) in [5.41, 5.74) is 8.10. The summed E-state index contributed by atoms with van der Waals surface area (Å²) in [5, 5.41) is 0.509. The second-order valence-electron chi connectivity index (χ2n) is 4.75. The van der Waals surface area contributed by atoms with Gasteiger partial charge in [-0.3, -0.25) is 4.98 Å². The van der Waals surface area contributed by atoms with Crippen molar-refractivity contribution in [2.75, 3.05) is 0 Å². The van der Waals surface area contributed by atoms with Crippen LogP contribution in [0, 0.1) is 5.82 Å². The summed E-state index contributed by atoms with van der Waals surface area (Å²) in [5.74, 6) is 0.471. The van der Waals surface area contributed by atoms with E-state index in [1.54, 1.807) is 24.4 Å². The summed E-state index contributed by atoms with van der Waals surface area (Å²) < 4.78 is 19.5. The van der Waals surface area contributed by atoms with Crippen molar-refractivity contribution in [1.82, 2.24) is 4.98 Å². The Morgan fingerprint density at radius 1 is 1.10 bits per heavy atom. The summed E-state index contributed by atoms with van der Waals surface area (Å²) >= 11 is 0. The lowest BCUT2D eigenvalue weighted by molar-refractivity contribution is 0.307. The van der Waals surface area contributed by atoms with E-state index >= 15 is 0 Å². The highest BCUT2D eigenvalue weighted by molar-refractivity contribution is 5.82. The maximum absolute atomic E-state index is 13.7. The Balaban J connectivity index is 1.87. The van der Waals surface area contributed by atoms with Gasteiger partial charge in [-0.15, -0.1) is 0 Å². The molecule has 2 aromatic carbocycles. The van der Waals surface area contributed by atoms with Crippen molar-refractivity contribution in [3.05, 3.63) is 71.7 Å². The van der Waals surface area contributed by atoms with Crippen LogP contribution in [0.25, 0.3) is 10.9 Å². The van der Waals surface area contributed by atoms with Gasteiger partial charge in [-0.1, -0.05) is 18.2 Å². The molecule has 2 N–H and O–H groups in total. The maximum atomic E-state index is 13.7. The molecule has 0 unspecified atom stereocenters. The molecular formula is C17H15FN2O. The first-order valence-corrected chi connectivity index (χ1v) is 6.72. The Hall–Kier alpha value is -2.46. The van der Waals surface area contributed by atoms with Gasteiger partial charge in [-0.25, -0.2) is 4.39 Å². The monoisotopic (exact) mass is 282 g/mol. The lowest BCUT2D eigenvalue weighted by Gasteiger charge is -2.09. The van der Waals surface area contributed by atoms with Crippen molar-refractivity contribution in [1.29, 1.82) is 0 Å². The van der Waals surface area contributed by atoms with E-state index < -0.39 is 0 Å². The van der Waals surface area contributed by atoms with Crippen LogP contribution in [0.4, 0.5) is 4.39 Å². The SMILES string of the molecule is NCc1cccc(OCc2ccc(F)c3cccnc23)c1. The number of pyridine rings is 1. The number of hydrogen-bond acceptors (Lipinski definition) is 3. The highest BCUT2D eigenvalue weighted by Gasteiger charge is 2.07. The zero-order chi connectivity index (χ0) is 14.7. The minimum absolute atomic E-state index is 0.271. The predicted octanol–water partition coefficient (Wildman–Crippen LogP) is 3.41. The van der Waals surface area contributed by atoms with Crippen molar-refractivity contribution < 1.29 is 9.13 Å². The van der Waals surface area contributed by atoms with E-state index in [0.29, 0.717) is 24.1 Å². The molecular weight excluding hydrogens is 267 g/mol. The van der Waals surface area contributed by atoms with Crippen molar-refractivity contribution in [2.45, 2.75) is 13.2 Å². The highest BCUT2D eigenvalue weighted by atomic mass is 19.1. The highest BCUT2D eigenvalue weighted by Crippen LogP contribution is 2.21. The molecule has 3 aromatic rings. The van der Waals surface area contributed by atoms with Gasteiger partial charge in [0.2, 0.25) is 0 Å². The molecule has 0 saturated carbocycles. The Labute approximate surface area is 122 Å². The number of benzene rings is 2. The number of fused-ring (bicyclic) bond motifs is 1. The summed E-state index contributed by atoms with van der Waals surface area (Å²) in [6, 6.07) is 14.2. The van der Waals surface area contributed by atoms with Crippen molar-refractivity contribution in [3.63, 3.8) is 0 Å². The van der Waals surface area contributed by atoms with E-state index in [4.69, 9.17) is 10.5 Å². The number of hydrogen-bond donors (Lipinski definition) is 1. The molecule has 4 heteroatoms. The molecule has 21 heavy (non-hydrogen) atoms. The third kappa shape index (κ3) is 2.85. The van der Waals surface area contributed by atoms with Gasteiger partial charge in [0.05, 0.1) is 5.52 Å². The summed E-state index contributed by atoms with van der Waals surface area (Å²) in [7, 11) is 0. The normalized spacial score (nSPS) is 10.8. The molecule has 1 heterocycles. The zero-order valence-corrected chi connectivity index (χ0v) is 11.4. The smallest absolute Gasteiger partial charge is 0.132 e. The molecule has 0 aliphatic carbocycles. The summed E-state index contributed by atoms with van der Waals surface area (Å²) in [6.45, 7) is 0.806. The summed E-state index contributed by atoms with van der Waals surface area (Å²) in [6.07, 6.45) is 1.65. The van der Waals surface area contributed by atoms with E-state index in [1.165, 1.54) is 6.07 Å². The average molecular weight is 282 g/mol. The molecule has 3 rings (SSSR count). The molecule has 0 saturated heterocycles. The third-order valence-electron chi connectivity index (χ3n) is 3.33. The zero-order valence-electron chi connectivity index (χ0n) is 11.4. The van der Waals surface area contributed by atoms with Crippen LogP contribution in [0.15, 0.2) is 54.7 Å². The Morgan fingerprint density at radius 3 is 2.86 bits per heavy atom. The first kappa shape index (κ1) is 13.5. The molecule has 0 fully saturated rings. The topological polar surface area (TPSA) is 48.1 Å². The van der Waals surface area contributed by atoms with Gasteiger partial charge in [-0.05, 0) is 35.9 Å². The van der Waals surface area contributed by atoms with Gasteiger partial charge in [-0.2, -0.15) is 0 Å². The van der Waals surface area contributed by atoms with Crippen LogP contribution in [0.3, 0.4) is 0 Å². The molecule has 0 bridgehead atoms. The average Bonchev–Trinajstić information content (AvgIpc) is 2.55. The van der Waals surface area contributed by atoms with Crippen LogP contribution in [0.5, 0.6) is 5.75 Å². The van der Waals surface area contributed by atoms with Crippen LogP contribution in [0.1, 0.15) is 11.1 Å².